The first-order chi connectivity index (χ1) is 18.7. The van der Waals surface area contributed by atoms with E-state index < -0.39 is 0 Å². The Hall–Kier alpha value is -3.55. The largest absolute Gasteiger partial charge is 0.313 e. The smallest absolute Gasteiger partial charge is 0.0544 e. The molecular formula is C36H30ClN. The van der Waals surface area contributed by atoms with Gasteiger partial charge in [-0.1, -0.05) is 91.5 Å². The van der Waals surface area contributed by atoms with Crippen molar-refractivity contribution in [1.82, 2.24) is 4.57 Å². The molecule has 0 aliphatic heterocycles. The Balaban J connectivity index is 1.39. The average Bonchev–Trinajstić information content (AvgIpc) is 3.42. The van der Waals surface area contributed by atoms with Crippen molar-refractivity contribution in [2.24, 2.45) is 0 Å². The molecule has 3 aliphatic carbocycles. The van der Waals surface area contributed by atoms with E-state index in [0.29, 0.717) is 0 Å². The van der Waals surface area contributed by atoms with Crippen LogP contribution >= 0.6 is 11.6 Å². The highest BCUT2D eigenvalue weighted by Crippen LogP contribution is 2.57. The number of fused-ring (bicyclic) bond motifs is 8. The van der Waals surface area contributed by atoms with E-state index in [1.165, 1.54) is 87.4 Å². The topological polar surface area (TPSA) is 4.93 Å². The molecule has 38 heavy (non-hydrogen) atoms. The molecule has 0 bridgehead atoms. The van der Waals surface area contributed by atoms with E-state index in [9.17, 15) is 0 Å². The molecular weight excluding hydrogens is 482 g/mol. The first kappa shape index (κ1) is 22.4. The van der Waals surface area contributed by atoms with E-state index in [1.54, 1.807) is 5.56 Å². The van der Waals surface area contributed by atoms with Crippen LogP contribution in [0.25, 0.3) is 44.2 Å². The molecule has 1 nitrogen and oxygen atoms in total. The summed E-state index contributed by atoms with van der Waals surface area (Å²) in [6, 6.07) is 31.4. The van der Waals surface area contributed by atoms with Gasteiger partial charge in [-0.15, -0.1) is 0 Å². The molecule has 8 rings (SSSR count). The third-order valence-electron chi connectivity index (χ3n) is 9.38. The summed E-state index contributed by atoms with van der Waals surface area (Å²) in [4.78, 5) is 0. The number of halogens is 1. The maximum absolute atomic E-state index is 6.60. The van der Waals surface area contributed by atoms with Gasteiger partial charge in [0.2, 0.25) is 0 Å². The maximum atomic E-state index is 6.60. The lowest BCUT2D eigenvalue weighted by Crippen LogP contribution is -2.27. The van der Waals surface area contributed by atoms with E-state index in [4.69, 9.17) is 11.6 Å². The van der Waals surface area contributed by atoms with Gasteiger partial charge in [0.05, 0.1) is 11.0 Å². The molecule has 0 radical (unpaired) electrons. The minimum absolute atomic E-state index is 0.156. The van der Waals surface area contributed by atoms with Crippen molar-refractivity contribution in [2.75, 3.05) is 0 Å². The fourth-order valence-electron chi connectivity index (χ4n) is 7.65. The van der Waals surface area contributed by atoms with Crippen molar-refractivity contribution < 1.29 is 0 Å². The highest BCUT2D eigenvalue weighted by atomic mass is 35.5. The van der Waals surface area contributed by atoms with E-state index in [2.05, 4.69) is 95.6 Å². The first-order valence-electron chi connectivity index (χ1n) is 14.1. The van der Waals surface area contributed by atoms with Crippen LogP contribution in [0.2, 0.25) is 5.02 Å². The molecule has 0 saturated heterocycles. The molecule has 4 aromatic carbocycles. The van der Waals surface area contributed by atoms with Crippen LogP contribution in [-0.4, -0.2) is 4.57 Å². The second-order valence-corrected chi connectivity index (χ2v) is 11.8. The number of aromatic nitrogens is 1. The fourth-order valence-corrected chi connectivity index (χ4v) is 7.82. The van der Waals surface area contributed by atoms with E-state index in [1.807, 2.05) is 6.07 Å². The SMILES string of the molecule is Clc1ccc2c(c1)c1cc3c(cc1n2C1=CC=C(c2ccccc2)CC1)-c1ccccc1C31CCCCC1. The maximum Gasteiger partial charge on any atom is 0.0544 e. The molecule has 0 amide bonds. The normalized spacial score (nSPS) is 17.9. The van der Waals surface area contributed by atoms with Gasteiger partial charge >= 0.3 is 0 Å². The van der Waals surface area contributed by atoms with Crippen LogP contribution in [0.5, 0.6) is 0 Å². The van der Waals surface area contributed by atoms with Gasteiger partial charge in [0.1, 0.15) is 0 Å². The molecule has 186 valence electrons. The summed E-state index contributed by atoms with van der Waals surface area (Å²) in [5, 5.41) is 3.39. The quantitative estimate of drug-likeness (QED) is 0.222. The van der Waals surface area contributed by atoms with Crippen molar-refractivity contribution in [3.8, 4) is 11.1 Å². The predicted molar refractivity (Wildman–Crippen MR) is 162 cm³/mol. The number of hydrogen-bond acceptors (Lipinski definition) is 0. The van der Waals surface area contributed by atoms with Crippen molar-refractivity contribution in [1.29, 1.82) is 0 Å². The highest BCUT2D eigenvalue weighted by Gasteiger charge is 2.44. The van der Waals surface area contributed by atoms with Crippen LogP contribution in [0, 0.1) is 0 Å². The minimum atomic E-state index is 0.156. The van der Waals surface area contributed by atoms with Crippen molar-refractivity contribution in [3.05, 3.63) is 119 Å². The fraction of sp³-hybridized carbons (Fsp3) is 0.222. The van der Waals surface area contributed by atoms with Gasteiger partial charge in [-0.3, -0.25) is 0 Å². The van der Waals surface area contributed by atoms with Gasteiger partial charge in [-0.2, -0.15) is 0 Å². The zero-order valence-corrected chi connectivity index (χ0v) is 22.3. The molecule has 0 unspecified atom stereocenters. The number of benzene rings is 4. The lowest BCUT2D eigenvalue weighted by molar-refractivity contribution is 0.353. The average molecular weight is 512 g/mol. The number of nitrogens with zero attached hydrogens (tertiary/aromatic N) is 1. The molecule has 0 atom stereocenters. The summed E-state index contributed by atoms with van der Waals surface area (Å²) in [7, 11) is 0. The number of hydrogen-bond donors (Lipinski definition) is 0. The summed E-state index contributed by atoms with van der Waals surface area (Å²) < 4.78 is 2.51. The van der Waals surface area contributed by atoms with Crippen LogP contribution in [0.15, 0.2) is 97.1 Å². The Bertz CT molecular complexity index is 1790. The lowest BCUT2D eigenvalue weighted by atomic mass is 9.68. The van der Waals surface area contributed by atoms with Gasteiger partial charge in [0.15, 0.2) is 0 Å². The summed E-state index contributed by atoms with van der Waals surface area (Å²) >= 11 is 6.60. The standard InChI is InChI=1S/C36H30ClN/c37-26-15-18-34-30(21-26)31-22-33-29(28-11-5-6-12-32(28)36(33)19-7-2-8-20-36)23-35(31)38(34)27-16-13-25(14-17-27)24-9-3-1-4-10-24/h1,3-6,9-13,15-16,18,21-23H,2,7-8,14,17,19-20H2. The molecule has 1 saturated carbocycles. The molecule has 2 heteroatoms. The van der Waals surface area contributed by atoms with Crippen molar-refractivity contribution in [2.45, 2.75) is 50.4 Å². The van der Waals surface area contributed by atoms with Gasteiger partial charge in [-0.25, -0.2) is 0 Å². The first-order valence-corrected chi connectivity index (χ1v) is 14.4. The molecule has 1 heterocycles. The summed E-state index contributed by atoms with van der Waals surface area (Å²) in [6.07, 6.45) is 13.2. The van der Waals surface area contributed by atoms with Gasteiger partial charge in [-0.05, 0) is 95.5 Å². The Labute approximate surface area is 229 Å². The Kier molecular flexibility index (Phi) is 5.01. The number of allylic oxidation sites excluding steroid dienone is 4. The van der Waals surface area contributed by atoms with Crippen LogP contribution in [0.1, 0.15) is 61.6 Å². The zero-order valence-electron chi connectivity index (χ0n) is 21.5. The van der Waals surface area contributed by atoms with Crippen molar-refractivity contribution >= 4 is 44.7 Å². The molecule has 0 N–H and O–H groups in total. The molecule has 5 aromatic rings. The predicted octanol–water partition coefficient (Wildman–Crippen LogP) is 10.4. The summed E-state index contributed by atoms with van der Waals surface area (Å²) in [5.41, 5.74) is 12.7. The zero-order chi connectivity index (χ0) is 25.3. The number of rotatable bonds is 2. The molecule has 1 fully saturated rings. The van der Waals surface area contributed by atoms with Crippen LogP contribution in [0.4, 0.5) is 0 Å². The third-order valence-corrected chi connectivity index (χ3v) is 9.62. The second kappa shape index (κ2) is 8.48. The molecule has 1 aromatic heterocycles. The Morgan fingerprint density at radius 2 is 1.42 bits per heavy atom. The van der Waals surface area contributed by atoms with Gasteiger partial charge in [0, 0.05) is 26.9 Å². The minimum Gasteiger partial charge on any atom is -0.313 e. The van der Waals surface area contributed by atoms with Gasteiger partial charge < -0.3 is 4.57 Å². The van der Waals surface area contributed by atoms with E-state index in [-0.39, 0.29) is 5.41 Å². The van der Waals surface area contributed by atoms with Gasteiger partial charge in [0.25, 0.3) is 0 Å². The molecule has 3 aliphatic rings. The van der Waals surface area contributed by atoms with Crippen LogP contribution in [0.3, 0.4) is 0 Å². The van der Waals surface area contributed by atoms with E-state index >= 15 is 0 Å². The monoisotopic (exact) mass is 511 g/mol. The van der Waals surface area contributed by atoms with Crippen LogP contribution < -0.4 is 0 Å². The summed E-state index contributed by atoms with van der Waals surface area (Å²) in [5.74, 6) is 0. The summed E-state index contributed by atoms with van der Waals surface area (Å²) in [6.45, 7) is 0. The van der Waals surface area contributed by atoms with E-state index in [0.717, 1.165) is 17.9 Å². The van der Waals surface area contributed by atoms with Crippen molar-refractivity contribution in [3.63, 3.8) is 0 Å². The van der Waals surface area contributed by atoms with Crippen LogP contribution in [-0.2, 0) is 5.41 Å². The molecule has 1 spiro atoms. The lowest BCUT2D eigenvalue weighted by Gasteiger charge is -2.36. The second-order valence-electron chi connectivity index (χ2n) is 11.3. The Morgan fingerprint density at radius 1 is 0.632 bits per heavy atom. The Morgan fingerprint density at radius 3 is 2.24 bits per heavy atom. The third kappa shape index (κ3) is 3.18. The highest BCUT2D eigenvalue weighted by molar-refractivity contribution is 6.32.